The second-order valence-electron chi connectivity index (χ2n) is 5.51. The molecular formula is C16H18N4S. The van der Waals surface area contributed by atoms with Gasteiger partial charge in [-0.05, 0) is 49.0 Å². The van der Waals surface area contributed by atoms with E-state index in [9.17, 15) is 0 Å². The van der Waals surface area contributed by atoms with E-state index in [2.05, 4.69) is 32.4 Å². The highest BCUT2D eigenvalue weighted by atomic mass is 32.1. The molecule has 0 aliphatic carbocycles. The maximum Gasteiger partial charge on any atom is 0.165 e. The molecule has 1 fully saturated rings. The first-order valence-corrected chi connectivity index (χ1v) is 8.39. The van der Waals surface area contributed by atoms with Crippen molar-refractivity contribution in [3.8, 4) is 5.00 Å². The molecule has 1 unspecified atom stereocenters. The molecule has 5 heteroatoms. The Labute approximate surface area is 127 Å². The van der Waals surface area contributed by atoms with Crippen LogP contribution in [0, 0.1) is 0 Å². The van der Waals surface area contributed by atoms with Gasteiger partial charge in [0.1, 0.15) is 16.3 Å². The lowest BCUT2D eigenvalue weighted by Gasteiger charge is -2.23. The quantitative estimate of drug-likeness (QED) is 0.807. The van der Waals surface area contributed by atoms with Gasteiger partial charge in [0.05, 0.1) is 0 Å². The number of fused-ring (bicyclic) bond motifs is 1. The van der Waals surface area contributed by atoms with Crippen LogP contribution in [0.15, 0.2) is 35.8 Å². The van der Waals surface area contributed by atoms with Gasteiger partial charge in [-0.2, -0.15) is 0 Å². The normalized spacial score (nSPS) is 19.1. The van der Waals surface area contributed by atoms with E-state index in [-0.39, 0.29) is 0 Å². The van der Waals surface area contributed by atoms with Crippen LogP contribution in [0.3, 0.4) is 0 Å². The molecule has 1 aliphatic rings. The highest BCUT2D eigenvalue weighted by Crippen LogP contribution is 2.25. The number of imidazole rings is 1. The Morgan fingerprint density at radius 3 is 3.10 bits per heavy atom. The molecule has 108 valence electrons. The molecule has 0 aromatic carbocycles. The van der Waals surface area contributed by atoms with Crippen molar-refractivity contribution >= 4 is 22.5 Å². The molecular weight excluding hydrogens is 280 g/mol. The zero-order valence-corrected chi connectivity index (χ0v) is 12.6. The topological polar surface area (TPSA) is 42.7 Å². The Morgan fingerprint density at radius 1 is 1.29 bits per heavy atom. The van der Waals surface area contributed by atoms with Gasteiger partial charge < -0.3 is 5.32 Å². The van der Waals surface area contributed by atoms with Gasteiger partial charge in [0.25, 0.3) is 0 Å². The van der Waals surface area contributed by atoms with Gasteiger partial charge in [-0.25, -0.2) is 9.97 Å². The van der Waals surface area contributed by atoms with Gasteiger partial charge in [-0.1, -0.05) is 6.42 Å². The molecule has 0 spiro atoms. The number of hydrogen-bond donors (Lipinski definition) is 1. The molecule has 1 saturated heterocycles. The molecule has 0 amide bonds. The van der Waals surface area contributed by atoms with Crippen LogP contribution in [0.4, 0.5) is 0 Å². The highest BCUT2D eigenvalue weighted by molar-refractivity contribution is 7.12. The Kier molecular flexibility index (Phi) is 3.45. The Morgan fingerprint density at radius 2 is 2.29 bits per heavy atom. The van der Waals surface area contributed by atoms with E-state index in [1.807, 2.05) is 18.3 Å². The molecule has 1 aliphatic heterocycles. The SMILES string of the molecule is c1csc(-n2c(CC3CCCCN3)nc3cccnc32)c1. The third-order valence-electron chi connectivity index (χ3n) is 4.05. The number of thiophene rings is 1. The number of aromatic nitrogens is 3. The molecule has 1 atom stereocenters. The molecule has 0 radical (unpaired) electrons. The molecule has 4 heterocycles. The lowest BCUT2D eigenvalue weighted by molar-refractivity contribution is 0.393. The highest BCUT2D eigenvalue weighted by Gasteiger charge is 2.19. The molecule has 3 aromatic heterocycles. The lowest BCUT2D eigenvalue weighted by atomic mass is 10.0. The monoisotopic (exact) mass is 298 g/mol. The molecule has 3 aromatic rings. The van der Waals surface area contributed by atoms with Gasteiger partial charge >= 0.3 is 0 Å². The van der Waals surface area contributed by atoms with Crippen LogP contribution in [0.5, 0.6) is 0 Å². The van der Waals surface area contributed by atoms with Crippen molar-refractivity contribution in [3.63, 3.8) is 0 Å². The summed E-state index contributed by atoms with van der Waals surface area (Å²) < 4.78 is 2.22. The second-order valence-corrected chi connectivity index (χ2v) is 6.44. The van der Waals surface area contributed by atoms with Crippen molar-refractivity contribution in [1.82, 2.24) is 19.9 Å². The summed E-state index contributed by atoms with van der Waals surface area (Å²) in [4.78, 5) is 9.37. The van der Waals surface area contributed by atoms with Crippen LogP contribution in [0.2, 0.25) is 0 Å². The first-order chi connectivity index (χ1) is 10.4. The Hall–Kier alpha value is -1.72. The van der Waals surface area contributed by atoms with E-state index in [4.69, 9.17) is 4.98 Å². The largest absolute Gasteiger partial charge is 0.314 e. The van der Waals surface area contributed by atoms with Crippen LogP contribution in [-0.2, 0) is 6.42 Å². The third-order valence-corrected chi connectivity index (χ3v) is 4.91. The van der Waals surface area contributed by atoms with Crippen LogP contribution in [0.25, 0.3) is 16.2 Å². The summed E-state index contributed by atoms with van der Waals surface area (Å²) >= 11 is 1.73. The first-order valence-electron chi connectivity index (χ1n) is 7.51. The predicted molar refractivity (Wildman–Crippen MR) is 86.1 cm³/mol. The van der Waals surface area contributed by atoms with Crippen LogP contribution < -0.4 is 5.32 Å². The van der Waals surface area contributed by atoms with E-state index < -0.39 is 0 Å². The number of piperidine rings is 1. The lowest BCUT2D eigenvalue weighted by Crippen LogP contribution is -2.36. The molecule has 4 rings (SSSR count). The molecule has 21 heavy (non-hydrogen) atoms. The van der Waals surface area contributed by atoms with Crippen LogP contribution >= 0.6 is 11.3 Å². The van der Waals surface area contributed by atoms with Crippen molar-refractivity contribution in [2.45, 2.75) is 31.7 Å². The first kappa shape index (κ1) is 13.0. The Balaban J connectivity index is 1.78. The van der Waals surface area contributed by atoms with Gasteiger partial charge in [0, 0.05) is 18.7 Å². The fraction of sp³-hybridized carbons (Fsp3) is 0.375. The van der Waals surface area contributed by atoms with Gasteiger partial charge in [-0.15, -0.1) is 11.3 Å². The molecule has 0 saturated carbocycles. The summed E-state index contributed by atoms with van der Waals surface area (Å²) in [5, 5.41) is 6.91. The summed E-state index contributed by atoms with van der Waals surface area (Å²) in [6.07, 6.45) is 6.65. The number of rotatable bonds is 3. The van der Waals surface area contributed by atoms with E-state index >= 15 is 0 Å². The standard InChI is InChI=1S/C16H18N4S/c1-2-8-17-12(5-1)11-14-19-13-6-3-9-18-16(13)20(14)15-7-4-10-21-15/h3-4,6-7,9-10,12,17H,1-2,5,8,11H2. The van der Waals surface area contributed by atoms with Crippen LogP contribution in [-0.4, -0.2) is 27.1 Å². The maximum absolute atomic E-state index is 4.83. The number of hydrogen-bond acceptors (Lipinski definition) is 4. The summed E-state index contributed by atoms with van der Waals surface area (Å²) in [5.74, 6) is 1.12. The summed E-state index contributed by atoms with van der Waals surface area (Å²) in [7, 11) is 0. The minimum atomic E-state index is 0.536. The van der Waals surface area contributed by atoms with Crippen molar-refractivity contribution < 1.29 is 0 Å². The van der Waals surface area contributed by atoms with Crippen molar-refractivity contribution in [2.75, 3.05) is 6.54 Å². The van der Waals surface area contributed by atoms with Gasteiger partial charge in [0.2, 0.25) is 0 Å². The van der Waals surface area contributed by atoms with Crippen LogP contribution in [0.1, 0.15) is 25.1 Å². The fourth-order valence-electron chi connectivity index (χ4n) is 3.04. The van der Waals surface area contributed by atoms with Crippen molar-refractivity contribution in [3.05, 3.63) is 41.7 Å². The molecule has 0 bridgehead atoms. The van der Waals surface area contributed by atoms with E-state index in [1.165, 1.54) is 24.3 Å². The molecule has 1 N–H and O–H groups in total. The zero-order chi connectivity index (χ0) is 14.1. The number of nitrogens with zero attached hydrogens (tertiary/aromatic N) is 3. The van der Waals surface area contributed by atoms with Gasteiger partial charge in [0.15, 0.2) is 5.65 Å². The average Bonchev–Trinajstić information content (AvgIpc) is 3.14. The predicted octanol–water partition coefficient (Wildman–Crippen LogP) is 3.17. The van der Waals surface area contributed by atoms with E-state index in [0.717, 1.165) is 30.0 Å². The smallest absolute Gasteiger partial charge is 0.165 e. The fourth-order valence-corrected chi connectivity index (χ4v) is 3.79. The number of pyridine rings is 1. The second kappa shape index (κ2) is 5.58. The zero-order valence-electron chi connectivity index (χ0n) is 11.8. The average molecular weight is 298 g/mol. The minimum absolute atomic E-state index is 0.536. The summed E-state index contributed by atoms with van der Waals surface area (Å²) in [6.45, 7) is 1.13. The van der Waals surface area contributed by atoms with E-state index in [0.29, 0.717) is 6.04 Å². The summed E-state index contributed by atoms with van der Waals surface area (Å²) in [6, 6.07) is 8.76. The van der Waals surface area contributed by atoms with Crippen molar-refractivity contribution in [2.24, 2.45) is 0 Å². The maximum atomic E-state index is 4.83. The Bertz CT molecular complexity index is 726. The molecule has 4 nitrogen and oxygen atoms in total. The third kappa shape index (κ3) is 2.47. The summed E-state index contributed by atoms with van der Waals surface area (Å²) in [5.41, 5.74) is 1.95. The van der Waals surface area contributed by atoms with Gasteiger partial charge in [-0.3, -0.25) is 4.57 Å². The van der Waals surface area contributed by atoms with E-state index in [1.54, 1.807) is 11.3 Å². The van der Waals surface area contributed by atoms with Crippen molar-refractivity contribution in [1.29, 1.82) is 0 Å². The number of nitrogens with one attached hydrogen (secondary N) is 1. The minimum Gasteiger partial charge on any atom is -0.314 e.